The first-order valence-corrected chi connectivity index (χ1v) is 4.34. The maximum absolute atomic E-state index is 9.48. The molecule has 3 heteroatoms. The van der Waals surface area contributed by atoms with Gasteiger partial charge in [0, 0.05) is 19.7 Å². The predicted octanol–water partition coefficient (Wildman–Crippen LogP) is 0.437. The van der Waals surface area contributed by atoms with Crippen LogP contribution in [0.15, 0.2) is 0 Å². The number of aliphatic hydroxyl groups excluding tert-OH is 1. The third-order valence-corrected chi connectivity index (χ3v) is 2.04. The summed E-state index contributed by atoms with van der Waals surface area (Å²) in [4.78, 5) is 2.08. The van der Waals surface area contributed by atoms with Crippen molar-refractivity contribution in [3.8, 4) is 0 Å². The first-order valence-electron chi connectivity index (χ1n) is 4.34. The fraction of sp³-hybridized carbons (Fsp3) is 1.00. The first-order chi connectivity index (χ1) is 5.34. The maximum atomic E-state index is 9.48. The fourth-order valence-electron chi connectivity index (χ4n) is 1.32. The van der Waals surface area contributed by atoms with Crippen LogP contribution in [0.4, 0.5) is 0 Å². The summed E-state index contributed by atoms with van der Waals surface area (Å²) in [5.74, 6) is 0. The van der Waals surface area contributed by atoms with E-state index in [4.69, 9.17) is 4.74 Å². The molecular formula is C8H17NO2. The number of hydrogen-bond acceptors (Lipinski definition) is 3. The highest BCUT2D eigenvalue weighted by Gasteiger charge is 2.14. The lowest BCUT2D eigenvalue weighted by Gasteiger charge is -2.24. The third kappa shape index (κ3) is 2.77. The Morgan fingerprint density at radius 2 is 2.27 bits per heavy atom. The molecule has 1 N–H and O–H groups in total. The van der Waals surface area contributed by atoms with Gasteiger partial charge in [-0.3, -0.25) is 4.90 Å². The molecular weight excluding hydrogens is 142 g/mol. The Bertz CT molecular complexity index is 100. The molecule has 0 aromatic carbocycles. The molecule has 0 bridgehead atoms. The van der Waals surface area contributed by atoms with Gasteiger partial charge in [0.05, 0.1) is 6.61 Å². The minimum Gasteiger partial charge on any atom is -0.380 e. The molecule has 0 saturated carbocycles. The Balaban J connectivity index is 2.30. The largest absolute Gasteiger partial charge is 0.380 e. The van der Waals surface area contributed by atoms with E-state index in [1.54, 1.807) is 0 Å². The summed E-state index contributed by atoms with van der Waals surface area (Å²) in [7, 11) is 0. The zero-order valence-corrected chi connectivity index (χ0v) is 7.12. The van der Waals surface area contributed by atoms with Gasteiger partial charge in [0.2, 0.25) is 0 Å². The quantitative estimate of drug-likeness (QED) is 0.634. The van der Waals surface area contributed by atoms with Crippen LogP contribution < -0.4 is 0 Å². The lowest BCUT2D eigenvalue weighted by molar-refractivity contribution is 0.000174. The Hall–Kier alpha value is -0.120. The van der Waals surface area contributed by atoms with Crippen LogP contribution in [0.2, 0.25) is 0 Å². The zero-order chi connectivity index (χ0) is 8.10. The van der Waals surface area contributed by atoms with E-state index in [-0.39, 0.29) is 6.23 Å². The molecule has 1 aliphatic rings. The van der Waals surface area contributed by atoms with Crippen LogP contribution in [0.25, 0.3) is 0 Å². The van der Waals surface area contributed by atoms with E-state index in [2.05, 4.69) is 4.90 Å². The monoisotopic (exact) mass is 159 g/mol. The first kappa shape index (κ1) is 8.97. The zero-order valence-electron chi connectivity index (χ0n) is 7.12. The van der Waals surface area contributed by atoms with Gasteiger partial charge in [0.25, 0.3) is 0 Å². The van der Waals surface area contributed by atoms with Gasteiger partial charge in [-0.1, -0.05) is 6.92 Å². The Kier molecular flexibility index (Phi) is 3.83. The minimum absolute atomic E-state index is 0.267. The van der Waals surface area contributed by atoms with Crippen LogP contribution >= 0.6 is 0 Å². The second-order valence-corrected chi connectivity index (χ2v) is 2.89. The molecule has 0 amide bonds. The van der Waals surface area contributed by atoms with Gasteiger partial charge < -0.3 is 9.84 Å². The van der Waals surface area contributed by atoms with E-state index in [0.29, 0.717) is 0 Å². The van der Waals surface area contributed by atoms with Gasteiger partial charge in [-0.25, -0.2) is 0 Å². The van der Waals surface area contributed by atoms with E-state index < -0.39 is 0 Å². The third-order valence-electron chi connectivity index (χ3n) is 2.04. The molecule has 1 heterocycles. The molecule has 1 unspecified atom stereocenters. The van der Waals surface area contributed by atoms with Crippen LogP contribution in [0.1, 0.15) is 19.8 Å². The standard InChI is InChI=1S/C8H17NO2/c1-2-8(10)9-4-3-6-11-7-5-9/h8,10H,2-7H2,1H3. The smallest absolute Gasteiger partial charge is 0.107 e. The number of hydrogen-bond donors (Lipinski definition) is 1. The van der Waals surface area contributed by atoms with Gasteiger partial charge >= 0.3 is 0 Å². The topological polar surface area (TPSA) is 32.7 Å². The summed E-state index contributed by atoms with van der Waals surface area (Å²) in [5.41, 5.74) is 0. The normalized spacial score (nSPS) is 24.5. The molecule has 0 aliphatic carbocycles. The van der Waals surface area contributed by atoms with E-state index in [0.717, 1.165) is 39.1 Å². The van der Waals surface area contributed by atoms with E-state index >= 15 is 0 Å². The summed E-state index contributed by atoms with van der Waals surface area (Å²) in [6.45, 7) is 5.43. The predicted molar refractivity (Wildman–Crippen MR) is 43.3 cm³/mol. The fourth-order valence-corrected chi connectivity index (χ4v) is 1.32. The van der Waals surface area contributed by atoms with Crippen molar-refractivity contribution in [2.24, 2.45) is 0 Å². The van der Waals surface area contributed by atoms with Gasteiger partial charge in [-0.05, 0) is 12.8 Å². The van der Waals surface area contributed by atoms with Crippen LogP contribution in [0, 0.1) is 0 Å². The number of ether oxygens (including phenoxy) is 1. The van der Waals surface area contributed by atoms with Crippen molar-refractivity contribution in [3.05, 3.63) is 0 Å². The Labute approximate surface area is 68.0 Å². The average molecular weight is 159 g/mol. The van der Waals surface area contributed by atoms with Gasteiger partial charge in [-0.15, -0.1) is 0 Å². The van der Waals surface area contributed by atoms with Crippen molar-refractivity contribution in [2.45, 2.75) is 26.0 Å². The average Bonchev–Trinajstić information content (AvgIpc) is 2.30. The summed E-state index contributed by atoms with van der Waals surface area (Å²) in [6.07, 6.45) is 1.58. The van der Waals surface area contributed by atoms with Crippen molar-refractivity contribution in [1.82, 2.24) is 4.90 Å². The number of rotatable bonds is 2. The second kappa shape index (κ2) is 4.70. The molecule has 0 spiro atoms. The highest BCUT2D eigenvalue weighted by molar-refractivity contribution is 4.63. The molecule has 66 valence electrons. The molecule has 0 radical (unpaired) electrons. The molecule has 1 fully saturated rings. The van der Waals surface area contributed by atoms with Crippen LogP contribution in [0.3, 0.4) is 0 Å². The van der Waals surface area contributed by atoms with Crippen molar-refractivity contribution < 1.29 is 9.84 Å². The van der Waals surface area contributed by atoms with Gasteiger partial charge in [0.1, 0.15) is 6.23 Å². The summed E-state index contributed by atoms with van der Waals surface area (Å²) in [6, 6.07) is 0. The SMILES string of the molecule is CCC(O)N1CCCOCC1. The van der Waals surface area contributed by atoms with Crippen molar-refractivity contribution in [3.63, 3.8) is 0 Å². The van der Waals surface area contributed by atoms with E-state index in [1.165, 1.54) is 0 Å². The van der Waals surface area contributed by atoms with Crippen molar-refractivity contribution >= 4 is 0 Å². The van der Waals surface area contributed by atoms with E-state index in [9.17, 15) is 5.11 Å². The lowest BCUT2D eigenvalue weighted by atomic mass is 10.3. The highest BCUT2D eigenvalue weighted by Crippen LogP contribution is 2.04. The Morgan fingerprint density at radius 1 is 1.45 bits per heavy atom. The van der Waals surface area contributed by atoms with Crippen molar-refractivity contribution in [2.75, 3.05) is 26.3 Å². The second-order valence-electron chi connectivity index (χ2n) is 2.89. The van der Waals surface area contributed by atoms with Crippen LogP contribution in [-0.4, -0.2) is 42.5 Å². The molecule has 3 nitrogen and oxygen atoms in total. The molecule has 0 aromatic heterocycles. The summed E-state index contributed by atoms with van der Waals surface area (Å²) >= 11 is 0. The van der Waals surface area contributed by atoms with Crippen LogP contribution in [-0.2, 0) is 4.74 Å². The van der Waals surface area contributed by atoms with Crippen molar-refractivity contribution in [1.29, 1.82) is 0 Å². The maximum Gasteiger partial charge on any atom is 0.107 e. The molecule has 1 saturated heterocycles. The van der Waals surface area contributed by atoms with Gasteiger partial charge in [-0.2, -0.15) is 0 Å². The molecule has 1 aliphatic heterocycles. The van der Waals surface area contributed by atoms with E-state index in [1.807, 2.05) is 6.92 Å². The Morgan fingerprint density at radius 3 is 3.00 bits per heavy atom. The highest BCUT2D eigenvalue weighted by atomic mass is 16.5. The minimum atomic E-state index is -0.267. The molecule has 1 rings (SSSR count). The molecule has 1 atom stereocenters. The number of nitrogens with zero attached hydrogens (tertiary/aromatic N) is 1. The van der Waals surface area contributed by atoms with Crippen LogP contribution in [0.5, 0.6) is 0 Å². The lowest BCUT2D eigenvalue weighted by Crippen LogP contribution is -2.36. The summed E-state index contributed by atoms with van der Waals surface area (Å²) < 4.78 is 5.27. The van der Waals surface area contributed by atoms with Gasteiger partial charge in [0.15, 0.2) is 0 Å². The molecule has 11 heavy (non-hydrogen) atoms. The number of aliphatic hydroxyl groups is 1. The molecule has 0 aromatic rings. The summed E-state index contributed by atoms with van der Waals surface area (Å²) in [5, 5.41) is 9.48.